The van der Waals surface area contributed by atoms with Crippen molar-refractivity contribution in [3.63, 3.8) is 0 Å². The number of hydrogen-bond donors (Lipinski definition) is 0. The van der Waals surface area contributed by atoms with Gasteiger partial charge in [0, 0.05) is 18.5 Å². The summed E-state index contributed by atoms with van der Waals surface area (Å²) in [6, 6.07) is 9.05. The van der Waals surface area contributed by atoms with Crippen molar-refractivity contribution in [3.8, 4) is 0 Å². The number of rotatable bonds is 6. The van der Waals surface area contributed by atoms with Crippen LogP contribution in [0.15, 0.2) is 30.3 Å². The van der Waals surface area contributed by atoms with Gasteiger partial charge in [0.15, 0.2) is 5.60 Å². The van der Waals surface area contributed by atoms with E-state index in [9.17, 15) is 13.2 Å². The van der Waals surface area contributed by atoms with Gasteiger partial charge in [0.1, 0.15) is 0 Å². The van der Waals surface area contributed by atoms with Crippen molar-refractivity contribution in [2.24, 2.45) is 16.7 Å². The highest BCUT2D eigenvalue weighted by molar-refractivity contribution is 7.89. The van der Waals surface area contributed by atoms with E-state index < -0.39 is 32.8 Å². The summed E-state index contributed by atoms with van der Waals surface area (Å²) in [5, 5.41) is 0. The maximum Gasteiger partial charge on any atom is 0.345 e. The summed E-state index contributed by atoms with van der Waals surface area (Å²) in [7, 11) is -3.64. The molecule has 4 atom stereocenters. The second-order valence-corrected chi connectivity index (χ2v) is 13.0. The minimum absolute atomic E-state index is 0.0853. The second kappa shape index (κ2) is 7.28. The average molecular weight is 464 g/mol. The highest BCUT2D eigenvalue weighted by Crippen LogP contribution is 2.74. The lowest BCUT2D eigenvalue weighted by Crippen LogP contribution is -2.57. The van der Waals surface area contributed by atoms with Crippen molar-refractivity contribution >= 4 is 16.0 Å². The zero-order valence-electron chi connectivity index (χ0n) is 20.3. The van der Waals surface area contributed by atoms with Crippen LogP contribution in [0, 0.1) is 16.7 Å². The van der Waals surface area contributed by atoms with Crippen LogP contribution >= 0.6 is 0 Å². The molecule has 0 N–H and O–H groups in total. The van der Waals surface area contributed by atoms with Gasteiger partial charge in [-0.2, -0.15) is 4.31 Å². The van der Waals surface area contributed by atoms with Gasteiger partial charge in [0.25, 0.3) is 0 Å². The van der Waals surface area contributed by atoms with Gasteiger partial charge in [-0.15, -0.1) is 0 Å². The SMILES string of the molecule is CC(C)N(C(C)C)S(=O)(=O)CC12CCC(CC13OC(=O)[C@@](C)(c1ccccc1)O3)C2(C)C. The molecular formula is C25H37NO5S. The number of nitrogens with zero attached hydrogens (tertiary/aromatic N) is 1. The van der Waals surface area contributed by atoms with Crippen molar-refractivity contribution in [2.45, 2.75) is 91.2 Å². The predicted molar refractivity (Wildman–Crippen MR) is 123 cm³/mol. The van der Waals surface area contributed by atoms with Gasteiger partial charge < -0.3 is 9.47 Å². The summed E-state index contributed by atoms with van der Waals surface area (Å²) in [6.07, 6.45) is 2.11. The fraction of sp³-hybridized carbons (Fsp3) is 0.720. The van der Waals surface area contributed by atoms with E-state index in [0.29, 0.717) is 12.8 Å². The van der Waals surface area contributed by atoms with Crippen LogP contribution in [0.25, 0.3) is 0 Å². The number of carbonyl (C=O) groups excluding carboxylic acids is 1. The summed E-state index contributed by atoms with van der Waals surface area (Å²) in [5.41, 5.74) is -1.68. The Morgan fingerprint density at radius 1 is 1.06 bits per heavy atom. The Balaban J connectivity index is 1.80. The molecule has 2 saturated carbocycles. The van der Waals surface area contributed by atoms with Crippen molar-refractivity contribution in [2.75, 3.05) is 5.75 Å². The molecule has 4 rings (SSSR count). The molecule has 0 amide bonds. The molecule has 0 radical (unpaired) electrons. The van der Waals surface area contributed by atoms with Crippen molar-refractivity contribution < 1.29 is 22.7 Å². The lowest BCUT2D eigenvalue weighted by molar-refractivity contribution is -0.255. The lowest BCUT2D eigenvalue weighted by Gasteiger charge is -2.47. The predicted octanol–water partition coefficient (Wildman–Crippen LogP) is 4.45. The number of fused-ring (bicyclic) bond motifs is 3. The zero-order chi connectivity index (χ0) is 23.7. The van der Waals surface area contributed by atoms with Gasteiger partial charge in [0.05, 0.1) is 11.2 Å². The first-order valence-electron chi connectivity index (χ1n) is 11.7. The molecular weight excluding hydrogens is 426 g/mol. The van der Waals surface area contributed by atoms with Crippen LogP contribution in [0.3, 0.4) is 0 Å². The monoisotopic (exact) mass is 463 g/mol. The molecule has 6 nitrogen and oxygen atoms in total. The topological polar surface area (TPSA) is 72.9 Å². The fourth-order valence-electron chi connectivity index (χ4n) is 6.90. The third-order valence-electron chi connectivity index (χ3n) is 8.53. The van der Waals surface area contributed by atoms with Gasteiger partial charge in [0.2, 0.25) is 15.8 Å². The van der Waals surface area contributed by atoms with Crippen LogP contribution in [-0.2, 0) is 29.9 Å². The van der Waals surface area contributed by atoms with Crippen LogP contribution in [0.2, 0.25) is 0 Å². The molecule has 3 aliphatic rings. The highest BCUT2D eigenvalue weighted by Gasteiger charge is 2.79. The molecule has 3 fully saturated rings. The number of benzene rings is 1. The van der Waals surface area contributed by atoms with Crippen LogP contribution in [0.5, 0.6) is 0 Å². The standard InChI is InChI=1S/C25H37NO5S/c1-17(2)26(18(3)4)32(28,29)16-24-14-13-20(22(24,5)6)15-25(24)30-21(27)23(7,31-25)19-11-9-8-10-12-19/h8-12,17-18,20H,13-16H2,1-7H3/t20?,23-,24?,25?/m1/s1. The van der Waals surface area contributed by atoms with E-state index in [1.54, 1.807) is 11.2 Å². The summed E-state index contributed by atoms with van der Waals surface area (Å²) in [6.45, 7) is 13.6. The maximum absolute atomic E-state index is 13.8. The van der Waals surface area contributed by atoms with Gasteiger partial charge in [-0.25, -0.2) is 13.2 Å². The Kier molecular flexibility index (Phi) is 5.39. The molecule has 2 aliphatic carbocycles. The third kappa shape index (κ3) is 3.03. The highest BCUT2D eigenvalue weighted by atomic mass is 32.2. The maximum atomic E-state index is 13.8. The van der Waals surface area contributed by atoms with Crippen LogP contribution in [0.4, 0.5) is 0 Å². The fourth-order valence-corrected chi connectivity index (χ4v) is 9.69. The number of sulfonamides is 1. The van der Waals surface area contributed by atoms with Gasteiger partial charge in [-0.1, -0.05) is 44.2 Å². The van der Waals surface area contributed by atoms with Gasteiger partial charge >= 0.3 is 5.97 Å². The molecule has 2 bridgehead atoms. The van der Waals surface area contributed by atoms with E-state index in [0.717, 1.165) is 12.0 Å². The minimum Gasteiger partial charge on any atom is -0.430 e. The van der Waals surface area contributed by atoms with Crippen LogP contribution in [0.1, 0.15) is 73.3 Å². The average Bonchev–Trinajstić information content (AvgIpc) is 3.13. The van der Waals surface area contributed by atoms with Crippen LogP contribution < -0.4 is 0 Å². The molecule has 0 aromatic heterocycles. The Morgan fingerprint density at radius 3 is 2.19 bits per heavy atom. The Labute approximate surface area is 192 Å². The van der Waals surface area contributed by atoms with Gasteiger partial charge in [-0.3, -0.25) is 0 Å². The van der Waals surface area contributed by atoms with Crippen LogP contribution in [-0.4, -0.2) is 42.3 Å². The lowest BCUT2D eigenvalue weighted by atomic mass is 9.68. The molecule has 1 aromatic carbocycles. The van der Waals surface area contributed by atoms with Crippen molar-refractivity contribution in [1.29, 1.82) is 0 Å². The molecule has 7 heteroatoms. The Bertz CT molecular complexity index is 996. The molecule has 3 unspecified atom stereocenters. The first-order valence-corrected chi connectivity index (χ1v) is 13.3. The first kappa shape index (κ1) is 23.7. The number of carbonyl (C=O) groups is 1. The number of esters is 1. The van der Waals surface area contributed by atoms with E-state index in [2.05, 4.69) is 13.8 Å². The third-order valence-corrected chi connectivity index (χ3v) is 10.9. The molecule has 1 saturated heterocycles. The van der Waals surface area contributed by atoms with E-state index in [1.807, 2.05) is 58.0 Å². The molecule has 1 heterocycles. The van der Waals surface area contributed by atoms with E-state index in [4.69, 9.17) is 9.47 Å². The molecule has 1 aromatic rings. The van der Waals surface area contributed by atoms with Crippen molar-refractivity contribution in [3.05, 3.63) is 35.9 Å². The van der Waals surface area contributed by atoms with Gasteiger partial charge in [-0.05, 0) is 64.4 Å². The summed E-state index contributed by atoms with van der Waals surface area (Å²) in [5.74, 6) is -1.53. The number of hydrogen-bond acceptors (Lipinski definition) is 5. The summed E-state index contributed by atoms with van der Waals surface area (Å²) >= 11 is 0. The largest absolute Gasteiger partial charge is 0.430 e. The summed E-state index contributed by atoms with van der Waals surface area (Å²) < 4.78 is 42.0. The summed E-state index contributed by atoms with van der Waals surface area (Å²) in [4.78, 5) is 13.3. The smallest absolute Gasteiger partial charge is 0.345 e. The second-order valence-electron chi connectivity index (χ2n) is 11.2. The first-order chi connectivity index (χ1) is 14.7. The molecule has 1 spiro atoms. The Morgan fingerprint density at radius 2 is 1.66 bits per heavy atom. The van der Waals surface area contributed by atoms with E-state index in [1.165, 1.54) is 0 Å². The molecule has 1 aliphatic heterocycles. The molecule has 178 valence electrons. The van der Waals surface area contributed by atoms with E-state index >= 15 is 0 Å². The molecule has 32 heavy (non-hydrogen) atoms. The quantitative estimate of drug-likeness (QED) is 0.583. The Hall–Kier alpha value is -1.44. The zero-order valence-corrected chi connectivity index (χ0v) is 21.2. The van der Waals surface area contributed by atoms with Crippen molar-refractivity contribution in [1.82, 2.24) is 4.31 Å². The number of ether oxygens (including phenoxy) is 2. The minimum atomic E-state index is -3.64. The normalized spacial score (nSPS) is 36.1. The van der Waals surface area contributed by atoms with E-state index in [-0.39, 0.29) is 29.2 Å².